The van der Waals surface area contributed by atoms with E-state index in [0.717, 1.165) is 55.4 Å². The molecule has 3 N–H and O–H groups in total. The molecule has 27 heavy (non-hydrogen) atoms. The van der Waals surface area contributed by atoms with Crippen molar-refractivity contribution in [2.75, 3.05) is 37.8 Å². The minimum absolute atomic E-state index is 0.117. The summed E-state index contributed by atoms with van der Waals surface area (Å²) in [5.74, 6) is 2.32. The smallest absolute Gasteiger partial charge is 0.189 e. The monoisotopic (exact) mass is 367 g/mol. The predicted molar refractivity (Wildman–Crippen MR) is 105 cm³/mol. The molecule has 0 bridgehead atoms. The van der Waals surface area contributed by atoms with Crippen molar-refractivity contribution >= 4 is 11.8 Å². The van der Waals surface area contributed by atoms with Crippen molar-refractivity contribution in [3.63, 3.8) is 0 Å². The zero-order valence-electron chi connectivity index (χ0n) is 15.3. The molecule has 1 fully saturated rings. The second-order valence-electron chi connectivity index (χ2n) is 6.66. The average molecular weight is 367 g/mol. The van der Waals surface area contributed by atoms with E-state index in [1.807, 2.05) is 30.5 Å². The van der Waals surface area contributed by atoms with Crippen LogP contribution in [0.15, 0.2) is 47.6 Å². The Bertz CT molecular complexity index is 804. The minimum Gasteiger partial charge on any atom is -0.493 e. The van der Waals surface area contributed by atoms with E-state index >= 15 is 0 Å². The van der Waals surface area contributed by atoms with Crippen LogP contribution in [0.2, 0.25) is 0 Å². The summed E-state index contributed by atoms with van der Waals surface area (Å²) < 4.78 is 11.1. The van der Waals surface area contributed by atoms with Crippen molar-refractivity contribution in [2.24, 2.45) is 10.7 Å². The number of para-hydroxylation sites is 1. The molecule has 7 heteroatoms. The maximum Gasteiger partial charge on any atom is 0.189 e. The Morgan fingerprint density at radius 2 is 2.04 bits per heavy atom. The zero-order valence-corrected chi connectivity index (χ0v) is 15.3. The summed E-state index contributed by atoms with van der Waals surface area (Å²) >= 11 is 0. The summed E-state index contributed by atoms with van der Waals surface area (Å²) in [5.41, 5.74) is 8.37. The lowest BCUT2D eigenvalue weighted by Gasteiger charge is -2.29. The number of hydrogen-bond acceptors (Lipinski definition) is 5. The Morgan fingerprint density at radius 3 is 2.93 bits per heavy atom. The Balaban J connectivity index is 1.45. The molecule has 1 atom stereocenters. The molecule has 1 aromatic carbocycles. The Morgan fingerprint density at radius 1 is 1.19 bits per heavy atom. The fourth-order valence-electron chi connectivity index (χ4n) is 3.50. The second kappa shape index (κ2) is 8.26. The summed E-state index contributed by atoms with van der Waals surface area (Å²) in [6.07, 6.45) is 2.68. The van der Waals surface area contributed by atoms with Crippen LogP contribution in [-0.4, -0.2) is 43.9 Å². The van der Waals surface area contributed by atoms with Crippen molar-refractivity contribution < 1.29 is 9.47 Å². The highest BCUT2D eigenvalue weighted by molar-refractivity contribution is 5.78. The molecular weight excluding hydrogens is 342 g/mol. The van der Waals surface area contributed by atoms with Gasteiger partial charge in [0, 0.05) is 36.8 Å². The van der Waals surface area contributed by atoms with Crippen molar-refractivity contribution in [3.05, 3.63) is 53.7 Å². The number of ether oxygens (including phenoxy) is 2. The van der Waals surface area contributed by atoms with Crippen molar-refractivity contribution in [3.8, 4) is 5.75 Å². The Labute approximate surface area is 159 Å². The van der Waals surface area contributed by atoms with Crippen molar-refractivity contribution in [2.45, 2.75) is 19.0 Å². The van der Waals surface area contributed by atoms with Gasteiger partial charge in [0.05, 0.1) is 32.4 Å². The van der Waals surface area contributed by atoms with Gasteiger partial charge in [-0.2, -0.15) is 0 Å². The standard InChI is InChI=1S/C20H25N5O2/c21-20(24-17-7-11-27-18-6-2-1-5-16(17)18)23-14-15-4-3-8-22-19(15)25-9-12-26-13-10-25/h1-6,8,17H,7,9-14H2,(H3,21,23,24). The molecule has 7 nitrogen and oxygen atoms in total. The molecule has 0 spiro atoms. The molecule has 0 amide bonds. The quantitative estimate of drug-likeness (QED) is 0.634. The molecule has 0 saturated carbocycles. The molecule has 0 aliphatic carbocycles. The third-order valence-electron chi connectivity index (χ3n) is 4.88. The number of fused-ring (bicyclic) bond motifs is 1. The minimum atomic E-state index is 0.117. The van der Waals surface area contributed by atoms with Gasteiger partial charge in [0.1, 0.15) is 11.6 Å². The highest BCUT2D eigenvalue weighted by Gasteiger charge is 2.21. The number of nitrogens with two attached hydrogens (primary N) is 1. The molecule has 1 aromatic heterocycles. The van der Waals surface area contributed by atoms with Crippen molar-refractivity contribution in [1.29, 1.82) is 0 Å². The SMILES string of the molecule is NC(=NCc1cccnc1N1CCOCC1)NC1CCOc2ccccc21. The van der Waals surface area contributed by atoms with Crippen LogP contribution in [0.5, 0.6) is 5.75 Å². The lowest BCUT2D eigenvalue weighted by Crippen LogP contribution is -2.38. The lowest BCUT2D eigenvalue weighted by atomic mass is 10.0. The summed E-state index contributed by atoms with van der Waals surface area (Å²) in [5, 5.41) is 3.34. The third kappa shape index (κ3) is 4.14. The number of guanidine groups is 1. The van der Waals surface area contributed by atoms with Gasteiger partial charge in [-0.05, 0) is 12.1 Å². The number of pyridine rings is 1. The molecule has 142 valence electrons. The molecule has 2 aliphatic heterocycles. The highest BCUT2D eigenvalue weighted by atomic mass is 16.5. The van der Waals surface area contributed by atoms with E-state index in [2.05, 4.69) is 32.3 Å². The fraction of sp³-hybridized carbons (Fsp3) is 0.400. The number of morpholine rings is 1. The number of aromatic nitrogens is 1. The van der Waals surface area contributed by atoms with Gasteiger partial charge in [0.25, 0.3) is 0 Å². The van der Waals surface area contributed by atoms with Crippen LogP contribution < -0.4 is 20.7 Å². The molecule has 2 aromatic rings. The first-order chi connectivity index (χ1) is 13.3. The van der Waals surface area contributed by atoms with Gasteiger partial charge < -0.3 is 25.4 Å². The summed E-state index contributed by atoms with van der Waals surface area (Å²) in [6, 6.07) is 12.2. The van der Waals surface area contributed by atoms with Gasteiger partial charge in [0.15, 0.2) is 5.96 Å². The van der Waals surface area contributed by atoms with E-state index < -0.39 is 0 Å². The molecule has 1 saturated heterocycles. The van der Waals surface area contributed by atoms with Crippen LogP contribution in [-0.2, 0) is 11.3 Å². The summed E-state index contributed by atoms with van der Waals surface area (Å²) in [6.45, 7) is 4.31. The normalized spacial score (nSPS) is 19.9. The van der Waals surface area contributed by atoms with Crippen LogP contribution in [0.4, 0.5) is 5.82 Å². The topological polar surface area (TPSA) is 85.0 Å². The highest BCUT2D eigenvalue weighted by Crippen LogP contribution is 2.31. The van der Waals surface area contributed by atoms with Gasteiger partial charge in [-0.15, -0.1) is 0 Å². The number of nitrogens with one attached hydrogen (secondary N) is 1. The molecule has 1 unspecified atom stereocenters. The molecule has 0 radical (unpaired) electrons. The molecular formula is C20H25N5O2. The molecule has 2 aliphatic rings. The van der Waals surface area contributed by atoms with E-state index in [1.165, 1.54) is 0 Å². The fourth-order valence-corrected chi connectivity index (χ4v) is 3.50. The van der Waals surface area contributed by atoms with E-state index in [-0.39, 0.29) is 6.04 Å². The van der Waals surface area contributed by atoms with E-state index in [9.17, 15) is 0 Å². The Hall–Kier alpha value is -2.80. The number of nitrogens with zero attached hydrogens (tertiary/aromatic N) is 3. The van der Waals surface area contributed by atoms with Crippen molar-refractivity contribution in [1.82, 2.24) is 10.3 Å². The van der Waals surface area contributed by atoms with Gasteiger partial charge in [-0.3, -0.25) is 0 Å². The first-order valence-electron chi connectivity index (χ1n) is 9.36. The van der Waals surface area contributed by atoms with E-state index in [4.69, 9.17) is 15.2 Å². The van der Waals surface area contributed by atoms with E-state index in [1.54, 1.807) is 0 Å². The van der Waals surface area contributed by atoms with Gasteiger partial charge >= 0.3 is 0 Å². The van der Waals surface area contributed by atoms with Crippen LogP contribution in [0.3, 0.4) is 0 Å². The van der Waals surface area contributed by atoms with Gasteiger partial charge in [-0.1, -0.05) is 24.3 Å². The van der Waals surface area contributed by atoms with Crippen LogP contribution >= 0.6 is 0 Å². The number of anilines is 1. The maximum absolute atomic E-state index is 6.18. The number of aliphatic imine (C=N–C) groups is 1. The molecule has 4 rings (SSSR count). The number of rotatable bonds is 4. The maximum atomic E-state index is 6.18. The third-order valence-corrected chi connectivity index (χ3v) is 4.88. The second-order valence-corrected chi connectivity index (χ2v) is 6.66. The average Bonchev–Trinajstić information content (AvgIpc) is 2.73. The van der Waals surface area contributed by atoms with Crippen LogP contribution in [0, 0.1) is 0 Å². The lowest BCUT2D eigenvalue weighted by molar-refractivity contribution is 0.122. The predicted octanol–water partition coefficient (Wildman–Crippen LogP) is 1.85. The largest absolute Gasteiger partial charge is 0.493 e. The van der Waals surface area contributed by atoms with Crippen LogP contribution in [0.1, 0.15) is 23.6 Å². The first kappa shape index (κ1) is 17.6. The number of hydrogen-bond donors (Lipinski definition) is 2. The van der Waals surface area contributed by atoms with Crippen LogP contribution in [0.25, 0.3) is 0 Å². The Kier molecular flexibility index (Phi) is 5.39. The van der Waals surface area contributed by atoms with Gasteiger partial charge in [-0.25, -0.2) is 9.98 Å². The summed E-state index contributed by atoms with van der Waals surface area (Å²) in [7, 11) is 0. The number of benzene rings is 1. The first-order valence-corrected chi connectivity index (χ1v) is 9.36. The van der Waals surface area contributed by atoms with E-state index in [0.29, 0.717) is 19.1 Å². The summed E-state index contributed by atoms with van der Waals surface area (Å²) in [4.78, 5) is 11.4. The molecule has 3 heterocycles. The van der Waals surface area contributed by atoms with Gasteiger partial charge in [0.2, 0.25) is 0 Å². The zero-order chi connectivity index (χ0) is 18.5.